The van der Waals surface area contributed by atoms with Gasteiger partial charge in [-0.25, -0.2) is 0 Å². The van der Waals surface area contributed by atoms with E-state index in [-0.39, 0.29) is 24.9 Å². The molecule has 1 N–H and O–H groups in total. The largest absolute Gasteiger partial charge is 0.497 e. The minimum Gasteiger partial charge on any atom is -0.497 e. The Hall–Kier alpha value is -3.55. The SMILES string of the molecule is COc1ccc(-c2noc(CNC(=O)COc3cc(C)cc(C)c3C)n2)c(OC)c1. The molecule has 8 nitrogen and oxygen atoms in total. The van der Waals surface area contributed by atoms with Gasteiger partial charge in [0.1, 0.15) is 17.2 Å². The summed E-state index contributed by atoms with van der Waals surface area (Å²) in [5.41, 5.74) is 3.88. The lowest BCUT2D eigenvalue weighted by molar-refractivity contribution is -0.123. The van der Waals surface area contributed by atoms with Gasteiger partial charge in [-0.05, 0) is 55.7 Å². The lowest BCUT2D eigenvalue weighted by Crippen LogP contribution is -2.28. The van der Waals surface area contributed by atoms with Gasteiger partial charge >= 0.3 is 0 Å². The van der Waals surface area contributed by atoms with Crippen molar-refractivity contribution >= 4 is 5.91 Å². The zero-order chi connectivity index (χ0) is 21.7. The van der Waals surface area contributed by atoms with Crippen LogP contribution in [0.5, 0.6) is 17.2 Å². The van der Waals surface area contributed by atoms with Crippen molar-refractivity contribution in [1.82, 2.24) is 15.5 Å². The molecule has 0 aliphatic heterocycles. The number of aryl methyl sites for hydroxylation is 2. The number of benzene rings is 2. The number of hydrogen-bond acceptors (Lipinski definition) is 7. The third kappa shape index (κ3) is 4.89. The van der Waals surface area contributed by atoms with E-state index >= 15 is 0 Å². The number of carbonyl (C=O) groups is 1. The van der Waals surface area contributed by atoms with Crippen molar-refractivity contribution < 1.29 is 23.5 Å². The number of carbonyl (C=O) groups excluding carboxylic acids is 1. The summed E-state index contributed by atoms with van der Waals surface area (Å²) in [6.45, 7) is 5.97. The molecule has 0 radical (unpaired) electrons. The standard InChI is InChI=1S/C22H25N3O5/c1-13-8-14(2)15(3)18(9-13)29-12-20(26)23-11-21-24-22(25-30-21)17-7-6-16(27-4)10-19(17)28-5/h6-10H,11-12H2,1-5H3,(H,23,26). The van der Waals surface area contributed by atoms with E-state index in [0.29, 0.717) is 28.6 Å². The molecule has 2 aromatic carbocycles. The summed E-state index contributed by atoms with van der Waals surface area (Å²) < 4.78 is 21.5. The third-order valence-electron chi connectivity index (χ3n) is 4.68. The topological polar surface area (TPSA) is 95.7 Å². The van der Waals surface area contributed by atoms with Crippen LogP contribution in [0.1, 0.15) is 22.6 Å². The molecule has 3 aromatic rings. The highest BCUT2D eigenvalue weighted by Gasteiger charge is 2.15. The minimum atomic E-state index is -0.282. The van der Waals surface area contributed by atoms with Gasteiger partial charge in [0.2, 0.25) is 11.7 Å². The second-order valence-electron chi connectivity index (χ2n) is 6.85. The number of ether oxygens (including phenoxy) is 3. The van der Waals surface area contributed by atoms with E-state index < -0.39 is 0 Å². The summed E-state index contributed by atoms with van der Waals surface area (Å²) in [4.78, 5) is 16.5. The van der Waals surface area contributed by atoms with Crippen molar-refractivity contribution in [3.8, 4) is 28.6 Å². The van der Waals surface area contributed by atoms with Gasteiger partial charge in [-0.2, -0.15) is 4.98 Å². The average molecular weight is 411 g/mol. The molecule has 0 aliphatic rings. The number of aromatic nitrogens is 2. The average Bonchev–Trinajstić information content (AvgIpc) is 3.22. The summed E-state index contributed by atoms with van der Waals surface area (Å²) in [5, 5.41) is 6.68. The Morgan fingerprint density at radius 2 is 1.87 bits per heavy atom. The molecule has 0 spiro atoms. The van der Waals surface area contributed by atoms with Gasteiger partial charge in [0.05, 0.1) is 26.3 Å². The van der Waals surface area contributed by atoms with Crippen molar-refractivity contribution in [1.29, 1.82) is 0 Å². The van der Waals surface area contributed by atoms with E-state index in [1.54, 1.807) is 32.4 Å². The van der Waals surface area contributed by atoms with Crippen LogP contribution >= 0.6 is 0 Å². The van der Waals surface area contributed by atoms with Crippen molar-refractivity contribution in [3.63, 3.8) is 0 Å². The molecule has 0 aliphatic carbocycles. The van der Waals surface area contributed by atoms with Crippen LogP contribution in [0.3, 0.4) is 0 Å². The first-order valence-electron chi connectivity index (χ1n) is 9.43. The summed E-state index contributed by atoms with van der Waals surface area (Å²) >= 11 is 0. The third-order valence-corrected chi connectivity index (χ3v) is 4.68. The normalized spacial score (nSPS) is 10.6. The molecule has 0 bridgehead atoms. The first-order valence-corrected chi connectivity index (χ1v) is 9.43. The summed E-state index contributed by atoms with van der Waals surface area (Å²) in [6, 6.07) is 9.29. The predicted octanol–water partition coefficient (Wildman–Crippen LogP) is 3.37. The Balaban J connectivity index is 1.59. The van der Waals surface area contributed by atoms with Crippen molar-refractivity contribution in [3.05, 3.63) is 52.9 Å². The van der Waals surface area contributed by atoms with Crippen LogP contribution in [0, 0.1) is 20.8 Å². The molecule has 0 fully saturated rings. The summed E-state index contributed by atoms with van der Waals surface area (Å²) in [7, 11) is 3.13. The smallest absolute Gasteiger partial charge is 0.258 e. The highest BCUT2D eigenvalue weighted by Crippen LogP contribution is 2.31. The fraction of sp³-hybridized carbons (Fsp3) is 0.318. The number of hydrogen-bond donors (Lipinski definition) is 1. The monoisotopic (exact) mass is 411 g/mol. The molecule has 1 aromatic heterocycles. The fourth-order valence-electron chi connectivity index (χ4n) is 2.94. The van der Waals surface area contributed by atoms with E-state index in [4.69, 9.17) is 18.7 Å². The van der Waals surface area contributed by atoms with E-state index in [1.165, 1.54) is 0 Å². The van der Waals surface area contributed by atoms with E-state index in [2.05, 4.69) is 21.5 Å². The van der Waals surface area contributed by atoms with Crippen LogP contribution in [0.25, 0.3) is 11.4 Å². The number of nitrogens with zero attached hydrogens (tertiary/aromatic N) is 2. The lowest BCUT2D eigenvalue weighted by Gasteiger charge is -2.12. The van der Waals surface area contributed by atoms with Crippen LogP contribution in [-0.2, 0) is 11.3 Å². The molecule has 0 saturated heterocycles. The minimum absolute atomic E-state index is 0.0967. The van der Waals surface area contributed by atoms with E-state index in [1.807, 2.05) is 26.8 Å². The Labute approximate surface area is 175 Å². The maximum atomic E-state index is 12.2. The van der Waals surface area contributed by atoms with Crippen LogP contribution in [0.2, 0.25) is 0 Å². The first kappa shape index (κ1) is 21.2. The number of nitrogens with one attached hydrogen (secondary N) is 1. The Morgan fingerprint density at radius 1 is 1.07 bits per heavy atom. The zero-order valence-corrected chi connectivity index (χ0v) is 17.7. The Bertz CT molecular complexity index is 1050. The quantitative estimate of drug-likeness (QED) is 0.607. The number of rotatable bonds is 8. The zero-order valence-electron chi connectivity index (χ0n) is 17.7. The summed E-state index contributed by atoms with van der Waals surface area (Å²) in [5.74, 6) is 2.28. The Morgan fingerprint density at radius 3 is 2.60 bits per heavy atom. The van der Waals surface area contributed by atoms with Gasteiger partial charge in [-0.15, -0.1) is 0 Å². The molecule has 0 unspecified atom stereocenters. The molecular weight excluding hydrogens is 386 g/mol. The molecule has 158 valence electrons. The highest BCUT2D eigenvalue weighted by molar-refractivity contribution is 5.77. The van der Waals surface area contributed by atoms with Crippen molar-refractivity contribution in [2.45, 2.75) is 27.3 Å². The van der Waals surface area contributed by atoms with Gasteiger partial charge in [-0.3, -0.25) is 4.79 Å². The predicted molar refractivity (Wildman–Crippen MR) is 111 cm³/mol. The molecular formula is C22H25N3O5. The molecule has 30 heavy (non-hydrogen) atoms. The maximum Gasteiger partial charge on any atom is 0.258 e. The van der Waals surface area contributed by atoms with Crippen LogP contribution in [-0.4, -0.2) is 36.9 Å². The second kappa shape index (κ2) is 9.30. The van der Waals surface area contributed by atoms with Gasteiger partial charge in [0, 0.05) is 6.07 Å². The Kier molecular flexibility index (Phi) is 6.56. The van der Waals surface area contributed by atoms with Crippen LogP contribution < -0.4 is 19.5 Å². The first-order chi connectivity index (χ1) is 14.4. The number of amides is 1. The molecule has 1 amide bonds. The fourth-order valence-corrected chi connectivity index (χ4v) is 2.94. The van der Waals surface area contributed by atoms with Gasteiger partial charge in [-0.1, -0.05) is 11.2 Å². The van der Waals surface area contributed by atoms with Gasteiger partial charge in [0.15, 0.2) is 6.61 Å². The second-order valence-corrected chi connectivity index (χ2v) is 6.85. The molecule has 8 heteroatoms. The molecule has 0 saturated carbocycles. The van der Waals surface area contributed by atoms with E-state index in [9.17, 15) is 4.79 Å². The van der Waals surface area contributed by atoms with E-state index in [0.717, 1.165) is 16.7 Å². The highest BCUT2D eigenvalue weighted by atomic mass is 16.5. The van der Waals surface area contributed by atoms with Crippen LogP contribution in [0.15, 0.2) is 34.9 Å². The van der Waals surface area contributed by atoms with Crippen molar-refractivity contribution in [2.24, 2.45) is 0 Å². The van der Waals surface area contributed by atoms with Crippen LogP contribution in [0.4, 0.5) is 0 Å². The number of methoxy groups -OCH3 is 2. The maximum absolute atomic E-state index is 12.2. The summed E-state index contributed by atoms with van der Waals surface area (Å²) in [6.07, 6.45) is 0. The molecule has 0 atom stereocenters. The van der Waals surface area contributed by atoms with Gasteiger partial charge in [0.25, 0.3) is 5.91 Å². The van der Waals surface area contributed by atoms with Crippen molar-refractivity contribution in [2.75, 3.05) is 20.8 Å². The molecule has 1 heterocycles. The lowest BCUT2D eigenvalue weighted by atomic mass is 10.1. The molecule has 3 rings (SSSR count). The van der Waals surface area contributed by atoms with Gasteiger partial charge < -0.3 is 24.1 Å².